The van der Waals surface area contributed by atoms with Crippen LogP contribution in [0.4, 0.5) is 15.9 Å². The summed E-state index contributed by atoms with van der Waals surface area (Å²) in [6.45, 7) is 7.23. The van der Waals surface area contributed by atoms with Gasteiger partial charge >= 0.3 is 0 Å². The summed E-state index contributed by atoms with van der Waals surface area (Å²) in [6, 6.07) is 12.8. The minimum atomic E-state index is -0.197. The summed E-state index contributed by atoms with van der Waals surface area (Å²) in [5, 5.41) is 0. The van der Waals surface area contributed by atoms with Crippen LogP contribution < -0.4 is 9.80 Å². The molecular formula is C22H28FN5O. The minimum Gasteiger partial charge on any atom is -0.366 e. The summed E-state index contributed by atoms with van der Waals surface area (Å²) in [6.07, 6.45) is 2.37. The molecule has 0 radical (unpaired) electrons. The molecule has 0 aliphatic carbocycles. The van der Waals surface area contributed by atoms with Gasteiger partial charge in [-0.1, -0.05) is 18.2 Å². The molecule has 4 rings (SSSR count). The van der Waals surface area contributed by atoms with Crippen molar-refractivity contribution < 1.29 is 9.18 Å². The van der Waals surface area contributed by atoms with E-state index in [0.29, 0.717) is 38.3 Å². The van der Waals surface area contributed by atoms with Gasteiger partial charge in [0.15, 0.2) is 0 Å². The third-order valence-electron chi connectivity index (χ3n) is 5.81. The first-order chi connectivity index (χ1) is 14.2. The molecule has 1 amide bonds. The van der Waals surface area contributed by atoms with E-state index in [1.807, 2.05) is 40.3 Å². The molecule has 0 unspecified atom stereocenters. The van der Waals surface area contributed by atoms with E-state index >= 15 is 0 Å². The highest BCUT2D eigenvalue weighted by atomic mass is 19.1. The summed E-state index contributed by atoms with van der Waals surface area (Å²) >= 11 is 0. The molecule has 2 aliphatic heterocycles. The molecule has 1 aromatic carbocycles. The number of para-hydroxylation sites is 1. The van der Waals surface area contributed by atoms with Gasteiger partial charge in [0, 0.05) is 71.5 Å². The number of hydrogen-bond acceptors (Lipinski definition) is 5. The summed E-state index contributed by atoms with van der Waals surface area (Å²) in [7, 11) is 0. The van der Waals surface area contributed by atoms with E-state index in [-0.39, 0.29) is 11.7 Å². The molecule has 2 aliphatic rings. The summed E-state index contributed by atoms with van der Waals surface area (Å²) in [5.74, 6) is 1.03. The highest BCUT2D eigenvalue weighted by Gasteiger charge is 2.24. The number of halogens is 1. The Balaban J connectivity index is 1.19. The highest BCUT2D eigenvalue weighted by molar-refractivity contribution is 5.76. The van der Waals surface area contributed by atoms with E-state index < -0.39 is 0 Å². The second-order valence-corrected chi connectivity index (χ2v) is 7.59. The summed E-state index contributed by atoms with van der Waals surface area (Å²) in [4.78, 5) is 25.6. The first-order valence-corrected chi connectivity index (χ1v) is 10.4. The second-order valence-electron chi connectivity index (χ2n) is 7.59. The van der Waals surface area contributed by atoms with E-state index in [2.05, 4.69) is 14.8 Å². The van der Waals surface area contributed by atoms with Gasteiger partial charge < -0.3 is 14.7 Å². The number of amides is 1. The van der Waals surface area contributed by atoms with Gasteiger partial charge in [0.1, 0.15) is 11.6 Å². The fourth-order valence-corrected chi connectivity index (χ4v) is 4.06. The molecule has 2 fully saturated rings. The normalized spacial score (nSPS) is 18.2. The van der Waals surface area contributed by atoms with Gasteiger partial charge in [-0.3, -0.25) is 9.69 Å². The first kappa shape index (κ1) is 19.6. The Labute approximate surface area is 171 Å². The van der Waals surface area contributed by atoms with Gasteiger partial charge in [0.25, 0.3) is 0 Å². The van der Waals surface area contributed by atoms with Crippen molar-refractivity contribution in [3.8, 4) is 0 Å². The van der Waals surface area contributed by atoms with Crippen LogP contribution in [0.25, 0.3) is 0 Å². The molecule has 0 N–H and O–H groups in total. The average Bonchev–Trinajstić information content (AvgIpc) is 2.79. The van der Waals surface area contributed by atoms with Gasteiger partial charge in [-0.2, -0.15) is 0 Å². The van der Waals surface area contributed by atoms with E-state index in [1.54, 1.807) is 12.1 Å². The molecule has 0 saturated carbocycles. The van der Waals surface area contributed by atoms with Crippen molar-refractivity contribution in [3.05, 3.63) is 54.5 Å². The Bertz CT molecular complexity index is 802. The SMILES string of the molecule is O=C(CCN1CCN(c2ccccn2)CC1)N1CCN(c2ccccc2F)CC1. The van der Waals surface area contributed by atoms with Gasteiger partial charge in [-0.25, -0.2) is 9.37 Å². The van der Waals surface area contributed by atoms with E-state index in [4.69, 9.17) is 0 Å². The zero-order chi connectivity index (χ0) is 20.1. The quantitative estimate of drug-likeness (QED) is 0.773. The van der Waals surface area contributed by atoms with Crippen molar-refractivity contribution in [2.75, 3.05) is 68.7 Å². The molecule has 6 nitrogen and oxygen atoms in total. The van der Waals surface area contributed by atoms with E-state index in [1.165, 1.54) is 6.07 Å². The van der Waals surface area contributed by atoms with Crippen LogP contribution in [-0.2, 0) is 4.79 Å². The largest absolute Gasteiger partial charge is 0.366 e. The van der Waals surface area contributed by atoms with Crippen molar-refractivity contribution >= 4 is 17.4 Å². The monoisotopic (exact) mass is 397 g/mol. The van der Waals surface area contributed by atoms with E-state index in [0.717, 1.165) is 38.5 Å². The number of anilines is 2. The van der Waals surface area contributed by atoms with Gasteiger partial charge in [0.2, 0.25) is 5.91 Å². The first-order valence-electron chi connectivity index (χ1n) is 10.4. The van der Waals surface area contributed by atoms with Crippen LogP contribution in [0.15, 0.2) is 48.7 Å². The van der Waals surface area contributed by atoms with Crippen LogP contribution in [0, 0.1) is 5.82 Å². The standard InChI is InChI=1S/C22H28FN5O/c23-19-5-1-2-6-20(19)26-15-17-28(18-16-26)22(29)8-10-25-11-13-27(14-12-25)21-7-3-4-9-24-21/h1-7,9H,8,10-18H2. The number of carbonyl (C=O) groups is 1. The Morgan fingerprint density at radius 3 is 2.24 bits per heavy atom. The lowest BCUT2D eigenvalue weighted by Crippen LogP contribution is -2.50. The maximum absolute atomic E-state index is 14.0. The average molecular weight is 397 g/mol. The lowest BCUT2D eigenvalue weighted by molar-refractivity contribution is -0.131. The number of pyridine rings is 1. The topological polar surface area (TPSA) is 42.9 Å². The third kappa shape index (κ3) is 4.85. The van der Waals surface area contributed by atoms with Crippen molar-refractivity contribution in [3.63, 3.8) is 0 Å². The minimum absolute atomic E-state index is 0.197. The third-order valence-corrected chi connectivity index (χ3v) is 5.81. The molecule has 2 aromatic rings. The number of carbonyl (C=O) groups excluding carboxylic acids is 1. The highest BCUT2D eigenvalue weighted by Crippen LogP contribution is 2.20. The van der Waals surface area contributed by atoms with Gasteiger partial charge in [0.05, 0.1) is 5.69 Å². The van der Waals surface area contributed by atoms with Gasteiger partial charge in [-0.15, -0.1) is 0 Å². The molecule has 154 valence electrons. The van der Waals surface area contributed by atoms with E-state index in [9.17, 15) is 9.18 Å². The zero-order valence-electron chi connectivity index (χ0n) is 16.7. The molecule has 0 spiro atoms. The molecule has 0 bridgehead atoms. The number of nitrogens with zero attached hydrogens (tertiary/aromatic N) is 5. The van der Waals surface area contributed by atoms with Crippen molar-refractivity contribution in [1.82, 2.24) is 14.8 Å². The van der Waals surface area contributed by atoms with Crippen molar-refractivity contribution in [2.45, 2.75) is 6.42 Å². The Morgan fingerprint density at radius 1 is 0.862 bits per heavy atom. The molecule has 0 atom stereocenters. The van der Waals surface area contributed by atoms with Crippen molar-refractivity contribution in [2.24, 2.45) is 0 Å². The van der Waals surface area contributed by atoms with Crippen LogP contribution in [-0.4, -0.2) is 79.6 Å². The number of rotatable bonds is 5. The molecule has 29 heavy (non-hydrogen) atoms. The number of hydrogen-bond donors (Lipinski definition) is 0. The number of benzene rings is 1. The molecular weight excluding hydrogens is 369 g/mol. The summed E-state index contributed by atoms with van der Waals surface area (Å²) in [5.41, 5.74) is 0.630. The van der Waals surface area contributed by atoms with Crippen LogP contribution in [0.1, 0.15) is 6.42 Å². The molecule has 1 aromatic heterocycles. The number of aromatic nitrogens is 1. The fourth-order valence-electron chi connectivity index (χ4n) is 4.06. The van der Waals surface area contributed by atoms with Crippen LogP contribution >= 0.6 is 0 Å². The lowest BCUT2D eigenvalue weighted by atomic mass is 10.2. The summed E-state index contributed by atoms with van der Waals surface area (Å²) < 4.78 is 14.0. The molecule has 2 saturated heterocycles. The Morgan fingerprint density at radius 2 is 1.55 bits per heavy atom. The maximum atomic E-state index is 14.0. The molecule has 7 heteroatoms. The fraction of sp³-hybridized carbons (Fsp3) is 0.455. The molecule has 3 heterocycles. The maximum Gasteiger partial charge on any atom is 0.223 e. The van der Waals surface area contributed by atoms with Crippen LogP contribution in [0.3, 0.4) is 0 Å². The predicted molar refractivity (Wildman–Crippen MR) is 113 cm³/mol. The number of piperazine rings is 2. The second kappa shape index (κ2) is 9.22. The predicted octanol–water partition coefficient (Wildman–Crippen LogP) is 2.08. The van der Waals surface area contributed by atoms with Gasteiger partial charge in [-0.05, 0) is 24.3 Å². The van der Waals surface area contributed by atoms with Crippen molar-refractivity contribution in [1.29, 1.82) is 0 Å². The Hall–Kier alpha value is -2.67. The smallest absolute Gasteiger partial charge is 0.223 e. The van der Waals surface area contributed by atoms with Crippen LogP contribution in [0.2, 0.25) is 0 Å². The van der Waals surface area contributed by atoms with Crippen LogP contribution in [0.5, 0.6) is 0 Å². The Kier molecular flexibility index (Phi) is 6.24. The zero-order valence-corrected chi connectivity index (χ0v) is 16.7. The lowest BCUT2D eigenvalue weighted by Gasteiger charge is -2.37.